The molecule has 1 aromatic rings. The molecule has 0 aliphatic carbocycles. The highest BCUT2D eigenvalue weighted by Crippen LogP contribution is 2.31. The van der Waals surface area contributed by atoms with E-state index >= 15 is 0 Å². The van der Waals surface area contributed by atoms with Crippen molar-refractivity contribution < 1.29 is 4.92 Å². The Hall–Kier alpha value is -1.03. The summed E-state index contributed by atoms with van der Waals surface area (Å²) in [7, 11) is 0. The first kappa shape index (κ1) is 13.0. The molecule has 0 unspecified atom stereocenters. The van der Waals surface area contributed by atoms with Gasteiger partial charge in [-0.05, 0) is 18.1 Å². The first-order valence-electron chi connectivity index (χ1n) is 5.37. The zero-order valence-corrected chi connectivity index (χ0v) is 10.6. The van der Waals surface area contributed by atoms with Gasteiger partial charge in [-0.2, -0.15) is 0 Å². The zero-order chi connectivity index (χ0) is 12.1. The van der Waals surface area contributed by atoms with Gasteiger partial charge < -0.3 is 0 Å². The summed E-state index contributed by atoms with van der Waals surface area (Å²) in [5.41, 5.74) is 0. The second kappa shape index (κ2) is 5.89. The first-order chi connectivity index (χ1) is 7.52. The molecule has 1 rings (SSSR count). The van der Waals surface area contributed by atoms with Crippen molar-refractivity contribution in [2.24, 2.45) is 5.92 Å². The minimum atomic E-state index is -0.523. The maximum Gasteiger partial charge on any atom is 0.222 e. The zero-order valence-electron chi connectivity index (χ0n) is 9.79. The summed E-state index contributed by atoms with van der Waals surface area (Å²) in [4.78, 5) is 11.7. The third kappa shape index (κ3) is 3.52. The molecule has 0 saturated carbocycles. The van der Waals surface area contributed by atoms with Gasteiger partial charge in [-0.3, -0.25) is 10.1 Å². The molecule has 0 heterocycles. The molecule has 0 radical (unpaired) electrons. The first-order valence-corrected chi connectivity index (χ1v) is 6.25. The molecule has 0 saturated heterocycles. The van der Waals surface area contributed by atoms with Gasteiger partial charge in [0, 0.05) is 16.7 Å². The normalized spacial score (nSPS) is 14.8. The average molecular weight is 239 g/mol. The molecule has 88 valence electrons. The lowest BCUT2D eigenvalue weighted by Gasteiger charge is -2.21. The Labute approximate surface area is 100 Å². The smallest absolute Gasteiger partial charge is 0.222 e. The fourth-order valence-corrected chi connectivity index (χ4v) is 2.76. The summed E-state index contributed by atoms with van der Waals surface area (Å²) in [6.07, 6.45) is 0. The topological polar surface area (TPSA) is 43.1 Å². The van der Waals surface area contributed by atoms with E-state index in [0.29, 0.717) is 0 Å². The molecular weight excluding hydrogens is 222 g/mol. The third-order valence-electron chi connectivity index (χ3n) is 2.48. The second-order valence-corrected chi connectivity index (χ2v) is 5.42. The summed E-state index contributed by atoms with van der Waals surface area (Å²) in [6, 6.07) is 9.32. The molecule has 0 fully saturated rings. The van der Waals surface area contributed by atoms with E-state index in [1.807, 2.05) is 44.2 Å². The van der Waals surface area contributed by atoms with Gasteiger partial charge in [0.2, 0.25) is 6.04 Å². The number of nitrogens with zero attached hydrogens (tertiary/aromatic N) is 1. The van der Waals surface area contributed by atoms with Crippen molar-refractivity contribution in [3.05, 3.63) is 40.4 Å². The summed E-state index contributed by atoms with van der Waals surface area (Å²) in [5.74, 6) is 0.283. The lowest BCUT2D eigenvalue weighted by molar-refractivity contribution is -0.518. The van der Waals surface area contributed by atoms with Crippen LogP contribution in [0.25, 0.3) is 0 Å². The van der Waals surface area contributed by atoms with E-state index in [2.05, 4.69) is 0 Å². The quantitative estimate of drug-likeness (QED) is 0.449. The van der Waals surface area contributed by atoms with Gasteiger partial charge in [-0.1, -0.05) is 32.0 Å². The summed E-state index contributed by atoms with van der Waals surface area (Å²) in [6.45, 7) is 5.74. The standard InChI is InChI=1S/C12H17NO2S/c1-9(2)12(10(3)13(14)15)16-11-7-5-4-6-8-11/h4-10,12H,1-3H3/t10-,12+/m0/s1. The van der Waals surface area contributed by atoms with Crippen molar-refractivity contribution in [1.82, 2.24) is 0 Å². The van der Waals surface area contributed by atoms with Gasteiger partial charge in [0.05, 0.1) is 5.25 Å². The number of nitro groups is 1. The Morgan fingerprint density at radius 2 is 1.75 bits per heavy atom. The molecule has 16 heavy (non-hydrogen) atoms. The van der Waals surface area contributed by atoms with Crippen LogP contribution < -0.4 is 0 Å². The summed E-state index contributed by atoms with van der Waals surface area (Å²) in [5, 5.41) is 10.8. The SMILES string of the molecule is CC(C)[C@@H](Sc1ccccc1)[C@H](C)[N+](=O)[O-]. The van der Waals surface area contributed by atoms with Crippen molar-refractivity contribution >= 4 is 11.8 Å². The van der Waals surface area contributed by atoms with E-state index in [-0.39, 0.29) is 16.1 Å². The van der Waals surface area contributed by atoms with Crippen LogP contribution in [0.15, 0.2) is 35.2 Å². The fraction of sp³-hybridized carbons (Fsp3) is 0.500. The van der Waals surface area contributed by atoms with Crippen LogP contribution in [0.5, 0.6) is 0 Å². The van der Waals surface area contributed by atoms with Gasteiger partial charge in [-0.25, -0.2) is 0 Å². The van der Waals surface area contributed by atoms with Crippen molar-refractivity contribution in [2.75, 3.05) is 0 Å². The molecule has 1 aromatic carbocycles. The van der Waals surface area contributed by atoms with E-state index in [1.165, 1.54) is 0 Å². The second-order valence-electron chi connectivity index (χ2n) is 4.17. The van der Waals surface area contributed by atoms with Gasteiger partial charge in [0.1, 0.15) is 0 Å². The van der Waals surface area contributed by atoms with Crippen LogP contribution in [0.4, 0.5) is 0 Å². The largest absolute Gasteiger partial charge is 0.264 e. The molecule has 0 N–H and O–H groups in total. The van der Waals surface area contributed by atoms with E-state index in [9.17, 15) is 10.1 Å². The van der Waals surface area contributed by atoms with E-state index in [1.54, 1.807) is 18.7 Å². The molecular formula is C12H17NO2S. The monoisotopic (exact) mass is 239 g/mol. The molecule has 0 aliphatic rings. The summed E-state index contributed by atoms with van der Waals surface area (Å²) < 4.78 is 0. The van der Waals surface area contributed by atoms with Crippen molar-refractivity contribution in [3.8, 4) is 0 Å². The molecule has 2 atom stereocenters. The van der Waals surface area contributed by atoms with Gasteiger partial charge in [0.25, 0.3) is 0 Å². The number of hydrogen-bond acceptors (Lipinski definition) is 3. The molecule has 0 aliphatic heterocycles. The fourth-order valence-electron chi connectivity index (χ4n) is 1.57. The lowest BCUT2D eigenvalue weighted by atomic mass is 10.1. The van der Waals surface area contributed by atoms with E-state index in [0.717, 1.165) is 4.90 Å². The summed E-state index contributed by atoms with van der Waals surface area (Å²) >= 11 is 1.59. The average Bonchev–Trinajstić information content (AvgIpc) is 2.26. The van der Waals surface area contributed by atoms with Crippen molar-refractivity contribution in [2.45, 2.75) is 37.0 Å². The van der Waals surface area contributed by atoms with E-state index < -0.39 is 6.04 Å². The predicted octanol–water partition coefficient (Wildman–Crippen LogP) is 3.47. The van der Waals surface area contributed by atoms with Crippen LogP contribution >= 0.6 is 11.8 Å². The van der Waals surface area contributed by atoms with E-state index in [4.69, 9.17) is 0 Å². The highest BCUT2D eigenvalue weighted by atomic mass is 32.2. The maximum atomic E-state index is 10.8. The Morgan fingerprint density at radius 3 is 2.19 bits per heavy atom. The highest BCUT2D eigenvalue weighted by molar-refractivity contribution is 8.00. The Balaban J connectivity index is 2.77. The number of rotatable bonds is 5. The lowest BCUT2D eigenvalue weighted by Crippen LogP contribution is -2.32. The van der Waals surface area contributed by atoms with Crippen molar-refractivity contribution in [1.29, 1.82) is 0 Å². The Bertz CT molecular complexity index is 340. The maximum absolute atomic E-state index is 10.8. The minimum Gasteiger partial charge on any atom is -0.264 e. The van der Waals surface area contributed by atoms with Crippen LogP contribution in [-0.4, -0.2) is 16.2 Å². The minimum absolute atomic E-state index is 0.0115. The highest BCUT2D eigenvalue weighted by Gasteiger charge is 2.30. The third-order valence-corrected chi connectivity index (χ3v) is 4.24. The Kier molecular flexibility index (Phi) is 4.80. The van der Waals surface area contributed by atoms with Crippen LogP contribution in [-0.2, 0) is 0 Å². The molecule has 0 bridgehead atoms. The van der Waals surface area contributed by atoms with Gasteiger partial charge in [-0.15, -0.1) is 11.8 Å². The van der Waals surface area contributed by atoms with Crippen LogP contribution in [0.3, 0.4) is 0 Å². The van der Waals surface area contributed by atoms with Crippen LogP contribution in [0.2, 0.25) is 0 Å². The molecule has 0 amide bonds. The molecule has 0 aromatic heterocycles. The van der Waals surface area contributed by atoms with Crippen LogP contribution in [0, 0.1) is 16.0 Å². The predicted molar refractivity (Wildman–Crippen MR) is 67.4 cm³/mol. The Morgan fingerprint density at radius 1 is 1.19 bits per heavy atom. The van der Waals surface area contributed by atoms with Gasteiger partial charge in [0.15, 0.2) is 0 Å². The number of hydrogen-bond donors (Lipinski definition) is 0. The molecule has 3 nitrogen and oxygen atoms in total. The van der Waals surface area contributed by atoms with Crippen LogP contribution in [0.1, 0.15) is 20.8 Å². The van der Waals surface area contributed by atoms with Crippen molar-refractivity contribution in [3.63, 3.8) is 0 Å². The molecule has 4 heteroatoms. The van der Waals surface area contributed by atoms with Gasteiger partial charge >= 0.3 is 0 Å². The molecule has 0 spiro atoms. The number of thioether (sulfide) groups is 1. The number of benzene rings is 1.